The molecule has 4 aromatic carbocycles. The van der Waals surface area contributed by atoms with E-state index in [1.54, 1.807) is 18.2 Å². The maximum atomic E-state index is 14.3. The van der Waals surface area contributed by atoms with Crippen molar-refractivity contribution in [3.8, 4) is 28.1 Å². The maximum Gasteiger partial charge on any atom is 0.407 e. The zero-order chi connectivity index (χ0) is 45.5. The van der Waals surface area contributed by atoms with Gasteiger partial charge < -0.3 is 44.4 Å². The number of aromatic amines is 1. The number of ether oxygens (including phenoxy) is 4. The molecule has 3 N–H and O–H groups in total. The fourth-order valence-electron chi connectivity index (χ4n) is 10.1. The number of aliphatic imine (C=N–C) groups is 1. The predicted molar refractivity (Wildman–Crippen MR) is 245 cm³/mol. The van der Waals surface area contributed by atoms with E-state index in [2.05, 4.69) is 65.0 Å². The van der Waals surface area contributed by atoms with E-state index in [0.29, 0.717) is 44.0 Å². The van der Waals surface area contributed by atoms with Crippen LogP contribution in [-0.2, 0) is 36.8 Å². The summed E-state index contributed by atoms with van der Waals surface area (Å²) < 4.78 is 21.7. The number of carbonyl (C=O) groups is 4. The summed E-state index contributed by atoms with van der Waals surface area (Å²) in [4.78, 5) is 70.1. The Morgan fingerprint density at radius 1 is 0.892 bits per heavy atom. The summed E-state index contributed by atoms with van der Waals surface area (Å²) in [7, 11) is 4.23. The monoisotopic (exact) mass is 881 g/mol. The highest BCUT2D eigenvalue weighted by atomic mass is 16.5. The number of amides is 4. The van der Waals surface area contributed by atoms with Crippen LogP contribution >= 0.6 is 0 Å². The van der Waals surface area contributed by atoms with Crippen LogP contribution in [0.15, 0.2) is 84.0 Å². The Morgan fingerprint density at radius 3 is 2.43 bits per heavy atom. The van der Waals surface area contributed by atoms with Crippen molar-refractivity contribution in [2.24, 2.45) is 16.8 Å². The molecule has 5 aromatic rings. The number of alkyl carbamates (subject to hydrolysis) is 2. The standard InChI is InChI=1S/C50H55N7O8/c1-27(2)44(54-49(60)63-5)48(59)57-28(3)12-17-41(57)39-21-36-35-22-43-37(20-31(35)14-16-38(36)52-39)34-15-13-32(19-33(34)26-65-43)40-23-51-46(53-40)42-18-29(25-62-4)24-56(42)47(58)45(55-50(61)64-6)30-10-8-7-9-11-30/h7-11,13-16,19-20,22-23,27-29,41-42,44-45H,12,17-18,21,24-26H2,1-6H3,(H,51,53)(H,54,60)(H,55,61)/t28-,29-,41-,42?,44-,45+/m0/s1. The maximum absolute atomic E-state index is 14.3. The van der Waals surface area contributed by atoms with E-state index in [9.17, 15) is 19.2 Å². The van der Waals surface area contributed by atoms with Gasteiger partial charge in [-0.1, -0.05) is 62.4 Å². The van der Waals surface area contributed by atoms with Crippen LogP contribution in [-0.4, -0.2) is 102 Å². The van der Waals surface area contributed by atoms with E-state index in [0.717, 1.165) is 74.3 Å². The van der Waals surface area contributed by atoms with Crippen molar-refractivity contribution in [2.45, 2.75) is 83.3 Å². The molecule has 65 heavy (non-hydrogen) atoms. The molecule has 338 valence electrons. The Morgan fingerprint density at radius 2 is 1.68 bits per heavy atom. The normalized spacial score (nSPS) is 20.6. The summed E-state index contributed by atoms with van der Waals surface area (Å²) in [5.74, 6) is 1.03. The summed E-state index contributed by atoms with van der Waals surface area (Å²) in [6, 6.07) is 21.8. The lowest BCUT2D eigenvalue weighted by Gasteiger charge is -2.33. The van der Waals surface area contributed by atoms with Crippen LogP contribution in [0, 0.1) is 11.8 Å². The van der Waals surface area contributed by atoms with Crippen molar-refractivity contribution >= 4 is 46.2 Å². The van der Waals surface area contributed by atoms with Crippen LogP contribution in [0.25, 0.3) is 33.2 Å². The second-order valence-electron chi connectivity index (χ2n) is 17.8. The van der Waals surface area contributed by atoms with Crippen LogP contribution in [0.4, 0.5) is 15.3 Å². The van der Waals surface area contributed by atoms with Crippen molar-refractivity contribution in [3.05, 3.63) is 102 Å². The first kappa shape index (κ1) is 43.5. The number of fused-ring (bicyclic) bond motifs is 6. The van der Waals surface area contributed by atoms with Gasteiger partial charge in [-0.2, -0.15) is 0 Å². The van der Waals surface area contributed by atoms with Crippen LogP contribution < -0.4 is 15.4 Å². The SMILES string of the molecule is COC[C@H]1CC(c2ncc(-c3ccc4c(c3)COc3cc5c6c(ccc5cc3-4)N=C([C@@H]3CC[C@H](C)N3C(=O)[C@@H](NC(=O)OC)C(C)C)C6)[nH]2)N(C(=O)[C@H](NC(=O)OC)c2ccccc2)C1. The number of nitrogens with one attached hydrogen (secondary N) is 3. The van der Waals surface area contributed by atoms with Crippen molar-refractivity contribution in [1.82, 2.24) is 30.4 Å². The molecule has 0 spiro atoms. The molecule has 4 aliphatic rings. The second kappa shape index (κ2) is 18.0. The summed E-state index contributed by atoms with van der Waals surface area (Å²) in [6.45, 7) is 7.20. The van der Waals surface area contributed by atoms with Gasteiger partial charge in [0.2, 0.25) is 5.91 Å². The number of likely N-dealkylation sites (tertiary alicyclic amines) is 2. The first-order chi connectivity index (χ1) is 31.5. The zero-order valence-corrected chi connectivity index (χ0v) is 37.6. The highest BCUT2D eigenvalue weighted by molar-refractivity contribution is 6.06. The number of imidazole rings is 1. The number of methoxy groups -OCH3 is 3. The van der Waals surface area contributed by atoms with Crippen molar-refractivity contribution in [1.29, 1.82) is 0 Å². The van der Waals surface area contributed by atoms with Gasteiger partial charge >= 0.3 is 12.2 Å². The van der Waals surface area contributed by atoms with Gasteiger partial charge in [0.05, 0.1) is 50.5 Å². The Hall–Kier alpha value is -6.74. The topological polar surface area (TPSA) is 177 Å². The van der Waals surface area contributed by atoms with Crippen LogP contribution in [0.5, 0.6) is 5.75 Å². The minimum absolute atomic E-state index is 0.00584. The van der Waals surface area contributed by atoms with Gasteiger partial charge in [-0.25, -0.2) is 14.6 Å². The highest BCUT2D eigenvalue weighted by Gasteiger charge is 2.43. The number of aromatic nitrogens is 2. The number of rotatable bonds is 11. The highest BCUT2D eigenvalue weighted by Crippen LogP contribution is 2.45. The van der Waals surface area contributed by atoms with E-state index in [-0.39, 0.29) is 41.8 Å². The van der Waals surface area contributed by atoms with Gasteiger partial charge in [0, 0.05) is 43.3 Å². The molecule has 5 heterocycles. The first-order valence-corrected chi connectivity index (χ1v) is 22.3. The van der Waals surface area contributed by atoms with Crippen molar-refractivity contribution < 1.29 is 38.1 Å². The van der Waals surface area contributed by atoms with E-state index < -0.39 is 24.3 Å². The van der Waals surface area contributed by atoms with Gasteiger partial charge in [-0.15, -0.1) is 0 Å². The minimum Gasteiger partial charge on any atom is -0.488 e. The smallest absolute Gasteiger partial charge is 0.407 e. The lowest BCUT2D eigenvalue weighted by atomic mass is 9.90. The van der Waals surface area contributed by atoms with Crippen LogP contribution in [0.3, 0.4) is 0 Å². The second-order valence-corrected chi connectivity index (χ2v) is 17.8. The lowest BCUT2D eigenvalue weighted by molar-refractivity contribution is -0.136. The number of H-pyrrole nitrogens is 1. The third-order valence-corrected chi connectivity index (χ3v) is 13.4. The lowest BCUT2D eigenvalue weighted by Crippen LogP contribution is -2.55. The van der Waals surface area contributed by atoms with Gasteiger partial charge in [0.15, 0.2) is 0 Å². The molecule has 4 aliphatic heterocycles. The predicted octanol–water partition coefficient (Wildman–Crippen LogP) is 7.81. The molecule has 0 radical (unpaired) electrons. The Kier molecular flexibility index (Phi) is 12.1. The van der Waals surface area contributed by atoms with Crippen molar-refractivity contribution in [3.63, 3.8) is 0 Å². The molecule has 2 fully saturated rings. The molecule has 0 saturated carbocycles. The Balaban J connectivity index is 0.947. The van der Waals surface area contributed by atoms with Crippen molar-refractivity contribution in [2.75, 3.05) is 34.5 Å². The number of nitrogens with zero attached hydrogens (tertiary/aromatic N) is 4. The number of benzene rings is 4. The van der Waals surface area contributed by atoms with E-state index in [4.69, 9.17) is 28.9 Å². The third-order valence-electron chi connectivity index (χ3n) is 13.4. The van der Waals surface area contributed by atoms with Crippen LogP contribution in [0.1, 0.15) is 74.6 Å². The molecular formula is C50H55N7O8. The third kappa shape index (κ3) is 8.29. The molecule has 6 atom stereocenters. The van der Waals surface area contributed by atoms with Crippen LogP contribution in [0.2, 0.25) is 0 Å². The van der Waals surface area contributed by atoms with Gasteiger partial charge in [0.1, 0.15) is 30.3 Å². The first-order valence-electron chi connectivity index (χ1n) is 22.3. The molecule has 4 amide bonds. The Labute approximate surface area is 377 Å². The van der Waals surface area contributed by atoms with E-state index >= 15 is 0 Å². The van der Waals surface area contributed by atoms with Gasteiger partial charge in [0.25, 0.3) is 5.91 Å². The van der Waals surface area contributed by atoms with Gasteiger partial charge in [-0.3, -0.25) is 14.6 Å². The van der Waals surface area contributed by atoms with Gasteiger partial charge in [-0.05, 0) is 95.0 Å². The molecule has 15 nitrogen and oxygen atoms in total. The molecule has 1 unspecified atom stereocenters. The molecule has 9 rings (SSSR count). The fraction of sp³-hybridized carbons (Fsp3) is 0.400. The molecular weight excluding hydrogens is 827 g/mol. The average molecular weight is 882 g/mol. The molecule has 1 aromatic heterocycles. The van der Waals surface area contributed by atoms with E-state index in [1.807, 2.05) is 49.1 Å². The zero-order valence-electron chi connectivity index (χ0n) is 37.6. The molecule has 2 saturated heterocycles. The average Bonchev–Trinajstić information content (AvgIpc) is 4.15. The molecule has 0 bridgehead atoms. The fourth-order valence-corrected chi connectivity index (χ4v) is 10.1. The number of hydrogen-bond acceptors (Lipinski definition) is 10. The van der Waals surface area contributed by atoms with E-state index in [1.165, 1.54) is 14.2 Å². The quantitative estimate of drug-likeness (QED) is 0.119. The summed E-state index contributed by atoms with van der Waals surface area (Å²) in [5.41, 5.74) is 8.51. The minimum atomic E-state index is -0.944. The Bertz CT molecular complexity index is 2680. The molecule has 0 aliphatic carbocycles. The largest absolute Gasteiger partial charge is 0.488 e. The summed E-state index contributed by atoms with van der Waals surface area (Å²) in [6.07, 6.45) is 3.39. The number of carbonyl (C=O) groups excluding carboxylic acids is 4. The molecule has 15 heteroatoms. The number of hydrogen-bond donors (Lipinski definition) is 3. The summed E-state index contributed by atoms with van der Waals surface area (Å²) in [5, 5.41) is 7.65. The summed E-state index contributed by atoms with van der Waals surface area (Å²) >= 11 is 0.